The standard InChI is InChI=1S/C53H33N3/c1-3-14-35(15-4-1)47-33-48(36-16-5-2-6-17-36)55-52(54-47)37-28-26-34(27-29-37)38-30-31-49-42(32-38)41-20-13-24-46-51(41)56(49)50-25-12-11-23-45(50)53(46)43-21-9-7-18-39(43)40-19-8-10-22-44(40)53/h1-33H. The van der Waals surface area contributed by atoms with Crippen molar-refractivity contribution in [1.82, 2.24) is 14.5 Å². The van der Waals surface area contributed by atoms with Crippen LogP contribution in [-0.2, 0) is 5.41 Å². The molecule has 2 aromatic heterocycles. The topological polar surface area (TPSA) is 30.7 Å². The molecule has 0 saturated heterocycles. The van der Waals surface area contributed by atoms with Gasteiger partial charge in [0.25, 0.3) is 0 Å². The van der Waals surface area contributed by atoms with E-state index in [0.29, 0.717) is 5.82 Å². The Morgan fingerprint density at radius 1 is 0.357 bits per heavy atom. The van der Waals surface area contributed by atoms with Gasteiger partial charge in [-0.2, -0.15) is 0 Å². The third-order valence-corrected chi connectivity index (χ3v) is 12.0. The van der Waals surface area contributed by atoms with Crippen molar-refractivity contribution < 1.29 is 0 Å². The van der Waals surface area contributed by atoms with E-state index in [-0.39, 0.29) is 0 Å². The number of rotatable bonds is 4. The van der Waals surface area contributed by atoms with Gasteiger partial charge in [0.2, 0.25) is 0 Å². The maximum atomic E-state index is 5.07. The zero-order chi connectivity index (χ0) is 36.8. The van der Waals surface area contributed by atoms with E-state index >= 15 is 0 Å². The number of para-hydroxylation sites is 2. The van der Waals surface area contributed by atoms with Gasteiger partial charge in [-0.15, -0.1) is 0 Å². The summed E-state index contributed by atoms with van der Waals surface area (Å²) in [7, 11) is 0. The maximum absolute atomic E-state index is 5.07. The minimum atomic E-state index is -0.410. The Labute approximate surface area is 324 Å². The fourth-order valence-electron chi connectivity index (χ4n) is 9.65. The minimum Gasteiger partial charge on any atom is -0.309 e. The highest BCUT2D eigenvalue weighted by Gasteiger charge is 2.50. The Hall–Kier alpha value is -7.36. The predicted octanol–water partition coefficient (Wildman–Crippen LogP) is 12.9. The lowest BCUT2D eigenvalue weighted by atomic mass is 9.65. The second kappa shape index (κ2) is 11.8. The number of hydrogen-bond donors (Lipinski definition) is 0. The zero-order valence-corrected chi connectivity index (χ0v) is 30.4. The molecule has 2 aliphatic rings. The molecule has 0 unspecified atom stereocenters. The highest BCUT2D eigenvalue weighted by Crippen LogP contribution is 2.60. The number of aromatic nitrogens is 3. The molecule has 1 aliphatic heterocycles. The molecule has 0 radical (unpaired) electrons. The van der Waals surface area contributed by atoms with Crippen molar-refractivity contribution in [2.24, 2.45) is 0 Å². The van der Waals surface area contributed by atoms with Gasteiger partial charge in [0.15, 0.2) is 5.82 Å². The van der Waals surface area contributed by atoms with Crippen molar-refractivity contribution in [2.75, 3.05) is 0 Å². The summed E-state index contributed by atoms with van der Waals surface area (Å²) in [4.78, 5) is 10.1. The summed E-state index contributed by atoms with van der Waals surface area (Å²) in [5, 5.41) is 2.52. The van der Waals surface area contributed by atoms with Crippen molar-refractivity contribution in [1.29, 1.82) is 0 Å². The second-order valence-corrected chi connectivity index (χ2v) is 14.9. The molecule has 3 heteroatoms. The van der Waals surface area contributed by atoms with Crippen LogP contribution in [0, 0.1) is 0 Å². The molecule has 3 nitrogen and oxygen atoms in total. The molecule has 8 aromatic carbocycles. The molecule has 1 aliphatic carbocycles. The number of nitrogens with zero attached hydrogens (tertiary/aromatic N) is 3. The summed E-state index contributed by atoms with van der Waals surface area (Å²) >= 11 is 0. The highest BCUT2D eigenvalue weighted by molar-refractivity contribution is 6.13. The van der Waals surface area contributed by atoms with E-state index in [1.807, 2.05) is 12.1 Å². The molecule has 260 valence electrons. The Balaban J connectivity index is 1.02. The lowest BCUT2D eigenvalue weighted by Gasteiger charge is -2.39. The second-order valence-electron chi connectivity index (χ2n) is 14.9. The van der Waals surface area contributed by atoms with Crippen LogP contribution in [0.25, 0.3) is 83.6 Å². The summed E-state index contributed by atoms with van der Waals surface area (Å²) in [6, 6.07) is 72.4. The molecule has 3 heterocycles. The molecule has 12 rings (SSSR count). The third-order valence-electron chi connectivity index (χ3n) is 12.0. The smallest absolute Gasteiger partial charge is 0.160 e. The molecular weight excluding hydrogens is 679 g/mol. The first-order chi connectivity index (χ1) is 27.8. The van der Waals surface area contributed by atoms with Crippen LogP contribution in [0.2, 0.25) is 0 Å². The van der Waals surface area contributed by atoms with E-state index in [4.69, 9.17) is 9.97 Å². The summed E-state index contributed by atoms with van der Waals surface area (Å²) in [6.07, 6.45) is 0. The molecule has 0 amide bonds. The number of hydrogen-bond acceptors (Lipinski definition) is 2. The predicted molar refractivity (Wildman–Crippen MR) is 229 cm³/mol. The van der Waals surface area contributed by atoms with Crippen molar-refractivity contribution in [2.45, 2.75) is 5.41 Å². The molecule has 0 N–H and O–H groups in total. The van der Waals surface area contributed by atoms with Gasteiger partial charge in [-0.25, -0.2) is 9.97 Å². The van der Waals surface area contributed by atoms with E-state index in [1.54, 1.807) is 0 Å². The van der Waals surface area contributed by atoms with Gasteiger partial charge in [0.1, 0.15) is 0 Å². The van der Waals surface area contributed by atoms with Gasteiger partial charge >= 0.3 is 0 Å². The van der Waals surface area contributed by atoms with Crippen LogP contribution < -0.4 is 0 Å². The van der Waals surface area contributed by atoms with Crippen molar-refractivity contribution in [3.63, 3.8) is 0 Å². The van der Waals surface area contributed by atoms with Crippen LogP contribution in [0.15, 0.2) is 200 Å². The first kappa shape index (κ1) is 31.0. The largest absolute Gasteiger partial charge is 0.309 e. The van der Waals surface area contributed by atoms with Crippen molar-refractivity contribution in [3.05, 3.63) is 222 Å². The summed E-state index contributed by atoms with van der Waals surface area (Å²) in [5.74, 6) is 0.712. The monoisotopic (exact) mass is 711 g/mol. The van der Waals surface area contributed by atoms with Gasteiger partial charge in [0.05, 0.1) is 33.5 Å². The molecule has 10 aromatic rings. The molecule has 1 spiro atoms. The quantitative estimate of drug-likeness (QED) is 0.182. The van der Waals surface area contributed by atoms with Gasteiger partial charge in [-0.3, -0.25) is 0 Å². The minimum absolute atomic E-state index is 0.410. The fourth-order valence-corrected chi connectivity index (χ4v) is 9.65. The van der Waals surface area contributed by atoms with Crippen LogP contribution in [0.4, 0.5) is 0 Å². The molecule has 0 saturated carbocycles. The first-order valence-electron chi connectivity index (χ1n) is 19.2. The lowest BCUT2D eigenvalue weighted by Crippen LogP contribution is -2.33. The SMILES string of the molecule is c1ccc(-c2cc(-c3ccccc3)nc(-c3ccc(-c4ccc5c(c4)c4cccc6c4n5-c4ccccc4C64c5ccccc5-c5ccccc54)cc3)n2)cc1. The van der Waals surface area contributed by atoms with E-state index in [2.05, 4.69) is 193 Å². The number of fused-ring (bicyclic) bond motifs is 12. The number of benzene rings is 8. The van der Waals surface area contributed by atoms with Gasteiger partial charge in [-0.05, 0) is 68.8 Å². The molecule has 0 fully saturated rings. The Kier molecular flexibility index (Phi) is 6.55. The van der Waals surface area contributed by atoms with Crippen molar-refractivity contribution >= 4 is 21.8 Å². The van der Waals surface area contributed by atoms with E-state index in [9.17, 15) is 0 Å². The highest BCUT2D eigenvalue weighted by atomic mass is 15.0. The zero-order valence-electron chi connectivity index (χ0n) is 30.4. The Bertz CT molecular complexity index is 3070. The van der Waals surface area contributed by atoms with Crippen molar-refractivity contribution in [3.8, 4) is 61.8 Å². The molecule has 0 bridgehead atoms. The van der Waals surface area contributed by atoms with Gasteiger partial charge in [0, 0.05) is 27.5 Å². The fraction of sp³-hybridized carbons (Fsp3) is 0.0189. The molecule has 0 atom stereocenters. The normalized spacial score (nSPS) is 13.1. The van der Waals surface area contributed by atoms with E-state index in [1.165, 1.54) is 66.4 Å². The average molecular weight is 712 g/mol. The molecule has 56 heavy (non-hydrogen) atoms. The van der Waals surface area contributed by atoms with Crippen LogP contribution >= 0.6 is 0 Å². The lowest BCUT2D eigenvalue weighted by molar-refractivity contribution is 0.748. The average Bonchev–Trinajstić information content (AvgIpc) is 3.77. The van der Waals surface area contributed by atoms with Crippen LogP contribution in [0.5, 0.6) is 0 Å². The molecular formula is C53H33N3. The van der Waals surface area contributed by atoms with E-state index < -0.39 is 5.41 Å². The Morgan fingerprint density at radius 3 is 1.55 bits per heavy atom. The van der Waals surface area contributed by atoms with Crippen LogP contribution in [-0.4, -0.2) is 14.5 Å². The van der Waals surface area contributed by atoms with Crippen LogP contribution in [0.1, 0.15) is 22.3 Å². The third kappa shape index (κ3) is 4.28. The summed E-state index contributed by atoms with van der Waals surface area (Å²) in [5.41, 5.74) is 18.6. The summed E-state index contributed by atoms with van der Waals surface area (Å²) in [6.45, 7) is 0. The van der Waals surface area contributed by atoms with Gasteiger partial charge in [-0.1, -0.05) is 176 Å². The van der Waals surface area contributed by atoms with E-state index in [0.717, 1.165) is 33.6 Å². The summed E-state index contributed by atoms with van der Waals surface area (Å²) < 4.78 is 2.51. The van der Waals surface area contributed by atoms with Crippen LogP contribution in [0.3, 0.4) is 0 Å². The maximum Gasteiger partial charge on any atom is 0.160 e. The Morgan fingerprint density at radius 2 is 0.893 bits per heavy atom. The van der Waals surface area contributed by atoms with Gasteiger partial charge < -0.3 is 4.57 Å². The first-order valence-corrected chi connectivity index (χ1v) is 19.2.